The molecule has 2 nitrogen and oxygen atoms in total. The van der Waals surface area contributed by atoms with E-state index in [-0.39, 0.29) is 0 Å². The molecule has 1 aromatic heterocycles. The summed E-state index contributed by atoms with van der Waals surface area (Å²) in [6.45, 7) is 0. The van der Waals surface area contributed by atoms with Crippen LogP contribution in [0.1, 0.15) is 0 Å². The molecule has 1 heterocycles. The summed E-state index contributed by atoms with van der Waals surface area (Å²) in [5.41, 5.74) is 0.942. The highest BCUT2D eigenvalue weighted by Crippen LogP contribution is 2.32. The predicted octanol–water partition coefficient (Wildman–Crippen LogP) is 5.00. The molecule has 2 rings (SSSR count). The minimum absolute atomic E-state index is 0.622. The van der Waals surface area contributed by atoms with Gasteiger partial charge in [-0.15, -0.1) is 0 Å². The third kappa shape index (κ3) is 2.75. The summed E-state index contributed by atoms with van der Waals surface area (Å²) < 4.78 is 1.94. The lowest BCUT2D eigenvalue weighted by Gasteiger charge is -2.09. The SMILES string of the molecule is Clc1ccc(Nc2c(Br)cccc2Br)nc1. The molecular weight excluding hydrogens is 355 g/mol. The van der Waals surface area contributed by atoms with Gasteiger partial charge in [-0.3, -0.25) is 0 Å². The van der Waals surface area contributed by atoms with Gasteiger partial charge >= 0.3 is 0 Å². The summed E-state index contributed by atoms with van der Waals surface area (Å²) in [6, 6.07) is 9.50. The van der Waals surface area contributed by atoms with Crippen LogP contribution in [0.4, 0.5) is 11.5 Å². The number of anilines is 2. The Morgan fingerprint density at radius 3 is 2.31 bits per heavy atom. The Labute approximate surface area is 115 Å². The summed E-state index contributed by atoms with van der Waals surface area (Å²) >= 11 is 12.7. The van der Waals surface area contributed by atoms with Crippen molar-refractivity contribution in [3.63, 3.8) is 0 Å². The Hall–Kier alpha value is -0.580. The number of aromatic nitrogens is 1. The first-order valence-corrected chi connectivity index (χ1v) is 6.46. The van der Waals surface area contributed by atoms with Crippen LogP contribution >= 0.6 is 43.5 Å². The van der Waals surface area contributed by atoms with Crippen molar-refractivity contribution in [3.05, 3.63) is 50.5 Å². The van der Waals surface area contributed by atoms with Gasteiger partial charge in [0, 0.05) is 15.1 Å². The van der Waals surface area contributed by atoms with Gasteiger partial charge in [0.25, 0.3) is 0 Å². The molecule has 0 unspecified atom stereocenters. The van der Waals surface area contributed by atoms with Gasteiger partial charge in [0.15, 0.2) is 0 Å². The number of pyridine rings is 1. The Morgan fingerprint density at radius 1 is 1.06 bits per heavy atom. The number of hydrogen-bond acceptors (Lipinski definition) is 2. The Bertz CT molecular complexity index is 480. The number of rotatable bonds is 2. The van der Waals surface area contributed by atoms with Crippen LogP contribution in [-0.2, 0) is 0 Å². The van der Waals surface area contributed by atoms with E-state index in [1.54, 1.807) is 12.3 Å². The second-order valence-electron chi connectivity index (χ2n) is 3.08. The van der Waals surface area contributed by atoms with Crippen LogP contribution in [0.25, 0.3) is 0 Å². The van der Waals surface area contributed by atoms with Gasteiger partial charge in [-0.05, 0) is 56.1 Å². The van der Waals surface area contributed by atoms with E-state index in [0.29, 0.717) is 5.02 Å². The molecule has 0 saturated carbocycles. The second-order valence-corrected chi connectivity index (χ2v) is 5.23. The molecule has 0 aliphatic rings. The van der Waals surface area contributed by atoms with E-state index in [9.17, 15) is 0 Å². The lowest BCUT2D eigenvalue weighted by atomic mass is 10.3. The molecule has 82 valence electrons. The van der Waals surface area contributed by atoms with Crippen molar-refractivity contribution in [2.75, 3.05) is 5.32 Å². The molecule has 0 bridgehead atoms. The fraction of sp³-hybridized carbons (Fsp3) is 0. The van der Waals surface area contributed by atoms with Crippen molar-refractivity contribution in [1.29, 1.82) is 0 Å². The van der Waals surface area contributed by atoms with E-state index in [4.69, 9.17) is 11.6 Å². The highest BCUT2D eigenvalue weighted by Gasteiger charge is 2.04. The molecule has 5 heteroatoms. The summed E-state index contributed by atoms with van der Waals surface area (Å²) in [5.74, 6) is 0.747. The largest absolute Gasteiger partial charge is 0.338 e. The van der Waals surface area contributed by atoms with Crippen molar-refractivity contribution in [2.45, 2.75) is 0 Å². The van der Waals surface area contributed by atoms with Gasteiger partial charge in [-0.2, -0.15) is 0 Å². The topological polar surface area (TPSA) is 24.9 Å². The average Bonchev–Trinajstić information content (AvgIpc) is 2.26. The number of nitrogens with one attached hydrogen (secondary N) is 1. The van der Waals surface area contributed by atoms with Gasteiger partial charge in [-0.25, -0.2) is 4.98 Å². The third-order valence-corrected chi connectivity index (χ3v) is 3.49. The van der Waals surface area contributed by atoms with Gasteiger partial charge < -0.3 is 5.32 Å². The zero-order valence-electron chi connectivity index (χ0n) is 8.05. The molecule has 1 N–H and O–H groups in total. The highest BCUT2D eigenvalue weighted by molar-refractivity contribution is 9.11. The first-order valence-electron chi connectivity index (χ1n) is 4.49. The van der Waals surface area contributed by atoms with E-state index in [1.165, 1.54) is 0 Å². The normalized spacial score (nSPS) is 10.2. The summed E-state index contributed by atoms with van der Waals surface area (Å²) in [4.78, 5) is 4.17. The number of para-hydroxylation sites is 1. The summed E-state index contributed by atoms with van der Waals surface area (Å²) in [6.07, 6.45) is 1.61. The first kappa shape index (κ1) is 11.9. The molecule has 0 aliphatic heterocycles. The molecular formula is C11H7Br2ClN2. The van der Waals surface area contributed by atoms with Gasteiger partial charge in [-0.1, -0.05) is 17.7 Å². The van der Waals surface area contributed by atoms with Crippen molar-refractivity contribution >= 4 is 55.0 Å². The van der Waals surface area contributed by atoms with Crippen molar-refractivity contribution in [1.82, 2.24) is 4.98 Å². The number of benzene rings is 1. The zero-order valence-corrected chi connectivity index (χ0v) is 12.0. The molecule has 16 heavy (non-hydrogen) atoms. The Kier molecular flexibility index (Phi) is 3.84. The van der Waals surface area contributed by atoms with Gasteiger partial charge in [0.05, 0.1) is 10.7 Å². The van der Waals surface area contributed by atoms with Crippen molar-refractivity contribution < 1.29 is 0 Å². The molecule has 2 aromatic rings. The van der Waals surface area contributed by atoms with Crippen LogP contribution < -0.4 is 5.32 Å². The number of hydrogen-bond donors (Lipinski definition) is 1. The highest BCUT2D eigenvalue weighted by atomic mass is 79.9. The van der Waals surface area contributed by atoms with E-state index in [1.807, 2.05) is 24.3 Å². The van der Waals surface area contributed by atoms with Crippen LogP contribution in [0.2, 0.25) is 5.02 Å². The molecule has 0 spiro atoms. The van der Waals surface area contributed by atoms with Crippen LogP contribution in [-0.4, -0.2) is 4.98 Å². The molecule has 0 amide bonds. The fourth-order valence-corrected chi connectivity index (χ4v) is 2.50. The van der Waals surface area contributed by atoms with Gasteiger partial charge in [0.1, 0.15) is 5.82 Å². The molecule has 0 radical (unpaired) electrons. The predicted molar refractivity (Wildman–Crippen MR) is 74.4 cm³/mol. The molecule has 0 atom stereocenters. The first-order chi connectivity index (χ1) is 7.66. The van der Waals surface area contributed by atoms with Gasteiger partial charge in [0.2, 0.25) is 0 Å². The maximum atomic E-state index is 5.77. The molecule has 1 aromatic carbocycles. The van der Waals surface area contributed by atoms with Crippen LogP contribution in [0.3, 0.4) is 0 Å². The van der Waals surface area contributed by atoms with E-state index >= 15 is 0 Å². The quantitative estimate of drug-likeness (QED) is 0.813. The van der Waals surface area contributed by atoms with E-state index in [2.05, 4.69) is 42.2 Å². The lowest BCUT2D eigenvalue weighted by Crippen LogP contribution is -1.94. The summed E-state index contributed by atoms with van der Waals surface area (Å²) in [5, 5.41) is 3.83. The molecule has 0 aliphatic carbocycles. The minimum Gasteiger partial charge on any atom is -0.338 e. The monoisotopic (exact) mass is 360 g/mol. The maximum Gasteiger partial charge on any atom is 0.130 e. The Morgan fingerprint density at radius 2 is 1.75 bits per heavy atom. The van der Waals surface area contributed by atoms with Crippen LogP contribution in [0.15, 0.2) is 45.5 Å². The lowest BCUT2D eigenvalue weighted by molar-refractivity contribution is 1.30. The third-order valence-electron chi connectivity index (χ3n) is 1.94. The van der Waals surface area contributed by atoms with Crippen LogP contribution in [0.5, 0.6) is 0 Å². The second kappa shape index (κ2) is 5.17. The van der Waals surface area contributed by atoms with E-state index in [0.717, 1.165) is 20.5 Å². The number of nitrogens with zero attached hydrogens (tertiary/aromatic N) is 1. The standard InChI is InChI=1S/C11H7Br2ClN2/c12-8-2-1-3-9(13)11(8)16-10-5-4-7(14)6-15-10/h1-6H,(H,15,16). The Balaban J connectivity index is 2.30. The van der Waals surface area contributed by atoms with Crippen LogP contribution in [0, 0.1) is 0 Å². The zero-order chi connectivity index (χ0) is 11.5. The van der Waals surface area contributed by atoms with E-state index < -0.39 is 0 Å². The van der Waals surface area contributed by atoms with Crippen molar-refractivity contribution in [2.24, 2.45) is 0 Å². The average molecular weight is 362 g/mol. The number of halogens is 3. The fourth-order valence-electron chi connectivity index (χ4n) is 1.20. The molecule has 0 saturated heterocycles. The molecule has 0 fully saturated rings. The maximum absolute atomic E-state index is 5.77. The minimum atomic E-state index is 0.622. The summed E-state index contributed by atoms with van der Waals surface area (Å²) in [7, 11) is 0. The smallest absolute Gasteiger partial charge is 0.130 e. The van der Waals surface area contributed by atoms with Crippen molar-refractivity contribution in [3.8, 4) is 0 Å².